The van der Waals surface area contributed by atoms with Gasteiger partial charge in [-0.05, 0) is 24.1 Å². The lowest BCUT2D eigenvalue weighted by molar-refractivity contribution is 0.278. The van der Waals surface area contributed by atoms with Gasteiger partial charge in [0.1, 0.15) is 10.8 Å². The number of anilines is 1. The molecule has 0 bridgehead atoms. The zero-order chi connectivity index (χ0) is 14.8. The number of nitrogens with one attached hydrogen (secondary N) is 1. The third-order valence-corrected chi connectivity index (χ3v) is 5.01. The number of aliphatic hydroxyl groups excluding tert-OH is 1. The molecule has 1 heterocycles. The van der Waals surface area contributed by atoms with Gasteiger partial charge in [0.25, 0.3) is 10.0 Å². The first kappa shape index (κ1) is 14.8. The standard InChI is InChI=1S/C11H12FN3O3S2/c1-2-10-13-14-11(19-10)15-20(17,18)9-5-8(12)4-3-7(9)6-16/h3-5,16H,2,6H2,1H3,(H,14,15). The van der Waals surface area contributed by atoms with Gasteiger partial charge in [-0.3, -0.25) is 4.72 Å². The third-order valence-electron chi connectivity index (χ3n) is 2.48. The Hall–Kier alpha value is -1.58. The summed E-state index contributed by atoms with van der Waals surface area (Å²) in [6.07, 6.45) is 0.640. The van der Waals surface area contributed by atoms with E-state index in [0.717, 1.165) is 23.5 Å². The van der Waals surface area contributed by atoms with Crippen LogP contribution in [0.2, 0.25) is 0 Å². The van der Waals surface area contributed by atoms with Crippen molar-refractivity contribution in [3.05, 3.63) is 34.6 Å². The van der Waals surface area contributed by atoms with Crippen LogP contribution in [0.4, 0.5) is 9.52 Å². The second-order valence-corrected chi connectivity index (χ2v) is 6.58. The van der Waals surface area contributed by atoms with Crippen molar-refractivity contribution in [1.82, 2.24) is 10.2 Å². The Balaban J connectivity index is 2.37. The molecule has 0 aliphatic carbocycles. The molecule has 0 aliphatic rings. The summed E-state index contributed by atoms with van der Waals surface area (Å²) in [5, 5.41) is 17.4. The van der Waals surface area contributed by atoms with Gasteiger partial charge in [-0.25, -0.2) is 12.8 Å². The molecule has 0 unspecified atom stereocenters. The second-order valence-electron chi connectivity index (χ2n) is 3.87. The van der Waals surface area contributed by atoms with Crippen molar-refractivity contribution in [2.24, 2.45) is 0 Å². The molecule has 108 valence electrons. The summed E-state index contributed by atoms with van der Waals surface area (Å²) in [7, 11) is -4.02. The fourth-order valence-electron chi connectivity index (χ4n) is 1.52. The fraction of sp³-hybridized carbons (Fsp3) is 0.273. The molecule has 9 heteroatoms. The molecule has 20 heavy (non-hydrogen) atoms. The molecule has 0 radical (unpaired) electrons. The highest BCUT2D eigenvalue weighted by molar-refractivity contribution is 7.93. The Morgan fingerprint density at radius 1 is 1.40 bits per heavy atom. The monoisotopic (exact) mass is 317 g/mol. The van der Waals surface area contributed by atoms with Gasteiger partial charge in [0.2, 0.25) is 5.13 Å². The molecule has 2 rings (SSSR count). The van der Waals surface area contributed by atoms with Crippen molar-refractivity contribution in [2.75, 3.05) is 4.72 Å². The van der Waals surface area contributed by atoms with E-state index < -0.39 is 22.4 Å². The molecule has 0 atom stereocenters. The van der Waals surface area contributed by atoms with Crippen LogP contribution in [0.15, 0.2) is 23.1 Å². The van der Waals surface area contributed by atoms with Crippen LogP contribution in [-0.4, -0.2) is 23.7 Å². The van der Waals surface area contributed by atoms with E-state index in [1.54, 1.807) is 0 Å². The van der Waals surface area contributed by atoms with E-state index in [1.165, 1.54) is 6.07 Å². The maximum absolute atomic E-state index is 13.2. The Kier molecular flexibility index (Phi) is 4.31. The zero-order valence-electron chi connectivity index (χ0n) is 10.5. The largest absolute Gasteiger partial charge is 0.392 e. The van der Waals surface area contributed by atoms with Crippen LogP contribution in [0.1, 0.15) is 17.5 Å². The molecule has 1 aromatic heterocycles. The summed E-state index contributed by atoms with van der Waals surface area (Å²) in [6.45, 7) is 1.36. The van der Waals surface area contributed by atoms with Crippen molar-refractivity contribution in [3.8, 4) is 0 Å². The van der Waals surface area contributed by atoms with E-state index in [4.69, 9.17) is 5.11 Å². The molecule has 2 N–H and O–H groups in total. The lowest BCUT2D eigenvalue weighted by Crippen LogP contribution is -2.15. The molecule has 1 aromatic carbocycles. The van der Waals surface area contributed by atoms with E-state index in [0.29, 0.717) is 11.4 Å². The number of aromatic nitrogens is 2. The third kappa shape index (κ3) is 3.11. The number of aryl methyl sites for hydroxylation is 1. The van der Waals surface area contributed by atoms with Crippen LogP contribution in [0.25, 0.3) is 0 Å². The van der Waals surface area contributed by atoms with Crippen molar-refractivity contribution in [3.63, 3.8) is 0 Å². The number of hydrogen-bond acceptors (Lipinski definition) is 6. The highest BCUT2D eigenvalue weighted by atomic mass is 32.2. The summed E-state index contributed by atoms with van der Waals surface area (Å²) in [4.78, 5) is -0.312. The van der Waals surface area contributed by atoms with Gasteiger partial charge in [-0.2, -0.15) is 0 Å². The minimum Gasteiger partial charge on any atom is -0.392 e. The molecule has 0 fully saturated rings. The number of aliphatic hydroxyl groups is 1. The van der Waals surface area contributed by atoms with Crippen LogP contribution in [-0.2, 0) is 23.1 Å². The van der Waals surface area contributed by atoms with Gasteiger partial charge in [0.05, 0.1) is 11.5 Å². The van der Waals surface area contributed by atoms with Crippen molar-refractivity contribution >= 4 is 26.5 Å². The van der Waals surface area contributed by atoms with E-state index in [2.05, 4.69) is 14.9 Å². The number of hydrogen-bond donors (Lipinski definition) is 2. The van der Waals surface area contributed by atoms with Gasteiger partial charge in [-0.15, -0.1) is 10.2 Å². The van der Waals surface area contributed by atoms with E-state index in [1.807, 2.05) is 6.92 Å². The van der Waals surface area contributed by atoms with E-state index in [-0.39, 0.29) is 15.6 Å². The van der Waals surface area contributed by atoms with Crippen molar-refractivity contribution < 1.29 is 17.9 Å². The maximum Gasteiger partial charge on any atom is 0.264 e. The molecule has 0 amide bonds. The smallest absolute Gasteiger partial charge is 0.264 e. The first-order chi connectivity index (χ1) is 9.46. The quantitative estimate of drug-likeness (QED) is 0.872. The number of benzene rings is 1. The van der Waals surface area contributed by atoms with Gasteiger partial charge in [0, 0.05) is 0 Å². The predicted molar refractivity (Wildman–Crippen MR) is 72.4 cm³/mol. The highest BCUT2D eigenvalue weighted by Crippen LogP contribution is 2.23. The number of rotatable bonds is 5. The molecule has 0 saturated heterocycles. The average Bonchev–Trinajstić information content (AvgIpc) is 2.85. The Labute approximate surface area is 119 Å². The Bertz CT molecular complexity index is 715. The first-order valence-corrected chi connectivity index (χ1v) is 8.00. The molecule has 6 nitrogen and oxygen atoms in total. The molecule has 2 aromatic rings. The summed E-state index contributed by atoms with van der Waals surface area (Å²) in [5.74, 6) is -0.700. The minimum absolute atomic E-state index is 0.106. The number of nitrogens with zero attached hydrogens (tertiary/aromatic N) is 2. The van der Waals surface area contributed by atoms with E-state index in [9.17, 15) is 12.8 Å². The fourth-order valence-corrected chi connectivity index (χ4v) is 3.67. The Morgan fingerprint density at radius 3 is 2.75 bits per heavy atom. The van der Waals surface area contributed by atoms with Gasteiger partial charge >= 0.3 is 0 Å². The summed E-state index contributed by atoms with van der Waals surface area (Å²) in [5.41, 5.74) is 0.110. The normalized spacial score (nSPS) is 11.6. The average molecular weight is 317 g/mol. The SMILES string of the molecule is CCc1nnc(NS(=O)(=O)c2cc(F)ccc2CO)s1. The van der Waals surface area contributed by atoms with E-state index >= 15 is 0 Å². The summed E-state index contributed by atoms with van der Waals surface area (Å²) < 4.78 is 39.8. The summed E-state index contributed by atoms with van der Waals surface area (Å²) in [6, 6.07) is 3.17. The van der Waals surface area contributed by atoms with Crippen LogP contribution in [0.5, 0.6) is 0 Å². The summed E-state index contributed by atoms with van der Waals surface area (Å²) >= 11 is 1.10. The van der Waals surface area contributed by atoms with Gasteiger partial charge in [-0.1, -0.05) is 24.3 Å². The topological polar surface area (TPSA) is 92.2 Å². The highest BCUT2D eigenvalue weighted by Gasteiger charge is 2.21. The first-order valence-electron chi connectivity index (χ1n) is 5.70. The van der Waals surface area contributed by atoms with Crippen LogP contribution in [0, 0.1) is 5.82 Å². The van der Waals surface area contributed by atoms with Crippen molar-refractivity contribution in [1.29, 1.82) is 0 Å². The van der Waals surface area contributed by atoms with Crippen molar-refractivity contribution in [2.45, 2.75) is 24.8 Å². The molecule has 0 saturated carbocycles. The zero-order valence-corrected chi connectivity index (χ0v) is 12.1. The molecular weight excluding hydrogens is 305 g/mol. The lowest BCUT2D eigenvalue weighted by Gasteiger charge is -2.09. The maximum atomic E-state index is 13.2. The molecule has 0 aliphatic heterocycles. The van der Waals surface area contributed by atoms with Gasteiger partial charge in [0.15, 0.2) is 0 Å². The number of halogens is 1. The van der Waals surface area contributed by atoms with Crippen LogP contribution in [0.3, 0.4) is 0 Å². The molecule has 0 spiro atoms. The second kappa shape index (κ2) is 5.81. The predicted octanol–water partition coefficient (Wildman–Crippen LogP) is 1.53. The minimum atomic E-state index is -4.02. The Morgan fingerprint density at radius 2 is 2.15 bits per heavy atom. The van der Waals surface area contributed by atoms with Crippen LogP contribution < -0.4 is 4.72 Å². The van der Waals surface area contributed by atoms with Gasteiger partial charge < -0.3 is 5.11 Å². The van der Waals surface area contributed by atoms with Crippen LogP contribution >= 0.6 is 11.3 Å². The lowest BCUT2D eigenvalue weighted by atomic mass is 10.2. The molecular formula is C11H12FN3O3S2. The number of sulfonamides is 1.